The van der Waals surface area contributed by atoms with Crippen LogP contribution in [0.5, 0.6) is 0 Å². The summed E-state index contributed by atoms with van der Waals surface area (Å²) >= 11 is 0. The van der Waals surface area contributed by atoms with Gasteiger partial charge in [-0.15, -0.1) is 0 Å². The van der Waals surface area contributed by atoms with E-state index < -0.39 is 5.54 Å². The fraction of sp³-hybridized carbons (Fsp3) is 0.619. The molecule has 0 atom stereocenters. The molecule has 0 unspecified atom stereocenters. The summed E-state index contributed by atoms with van der Waals surface area (Å²) in [4.78, 5) is 29.6. The van der Waals surface area contributed by atoms with E-state index in [9.17, 15) is 9.59 Å². The lowest BCUT2D eigenvalue weighted by Crippen LogP contribution is -2.62. The lowest BCUT2D eigenvalue weighted by Gasteiger charge is -2.45. The first-order valence-corrected chi connectivity index (χ1v) is 10.0. The molecule has 1 aromatic rings. The van der Waals surface area contributed by atoms with Crippen molar-refractivity contribution in [2.75, 3.05) is 26.2 Å². The SMILES string of the molecule is NC(=O)C1CCN(C(=O)C2(N3CCCCC3)Cc3ccccc3C2)CC1. The zero-order valence-corrected chi connectivity index (χ0v) is 15.5. The molecule has 2 saturated heterocycles. The van der Waals surface area contributed by atoms with Gasteiger partial charge in [-0.25, -0.2) is 0 Å². The van der Waals surface area contributed by atoms with E-state index >= 15 is 0 Å². The number of carbonyl (C=O) groups excluding carboxylic acids is 2. The Balaban J connectivity index is 1.58. The molecule has 0 aromatic heterocycles. The Labute approximate surface area is 155 Å². The predicted molar refractivity (Wildman–Crippen MR) is 101 cm³/mol. The molecule has 1 aliphatic carbocycles. The van der Waals surface area contributed by atoms with Gasteiger partial charge in [-0.2, -0.15) is 0 Å². The summed E-state index contributed by atoms with van der Waals surface area (Å²) in [6.07, 6.45) is 6.64. The Morgan fingerprint density at radius 3 is 2.04 bits per heavy atom. The van der Waals surface area contributed by atoms with Gasteiger partial charge in [0.1, 0.15) is 5.54 Å². The van der Waals surface area contributed by atoms with E-state index in [2.05, 4.69) is 29.2 Å². The number of benzene rings is 1. The van der Waals surface area contributed by atoms with Crippen LogP contribution in [0.2, 0.25) is 0 Å². The van der Waals surface area contributed by atoms with Crippen molar-refractivity contribution in [2.24, 2.45) is 11.7 Å². The van der Waals surface area contributed by atoms with Crippen molar-refractivity contribution in [1.82, 2.24) is 9.80 Å². The van der Waals surface area contributed by atoms with Gasteiger partial charge < -0.3 is 10.6 Å². The molecule has 1 aromatic carbocycles. The number of primary amides is 1. The number of hydrogen-bond acceptors (Lipinski definition) is 3. The third-order valence-electron chi connectivity index (χ3n) is 6.63. The second kappa shape index (κ2) is 7.03. The van der Waals surface area contributed by atoms with Crippen molar-refractivity contribution in [3.05, 3.63) is 35.4 Å². The highest BCUT2D eigenvalue weighted by Crippen LogP contribution is 2.38. The summed E-state index contributed by atoms with van der Waals surface area (Å²) < 4.78 is 0. The number of nitrogens with zero attached hydrogens (tertiary/aromatic N) is 2. The highest BCUT2D eigenvalue weighted by molar-refractivity contribution is 5.89. The smallest absolute Gasteiger partial charge is 0.243 e. The zero-order chi connectivity index (χ0) is 18.1. The molecule has 0 bridgehead atoms. The Kier molecular flexibility index (Phi) is 4.74. The number of hydrogen-bond donors (Lipinski definition) is 1. The molecule has 0 spiro atoms. The van der Waals surface area contributed by atoms with Crippen molar-refractivity contribution in [3.8, 4) is 0 Å². The highest BCUT2D eigenvalue weighted by atomic mass is 16.2. The number of amides is 2. The predicted octanol–water partition coefficient (Wildman–Crippen LogP) is 1.73. The van der Waals surface area contributed by atoms with Gasteiger partial charge in [0.25, 0.3) is 0 Å². The third-order valence-corrected chi connectivity index (χ3v) is 6.63. The maximum atomic E-state index is 13.7. The first-order chi connectivity index (χ1) is 12.6. The molecule has 2 amide bonds. The number of carbonyl (C=O) groups is 2. The minimum absolute atomic E-state index is 0.0780. The second-order valence-corrected chi connectivity index (χ2v) is 8.17. The topological polar surface area (TPSA) is 66.6 Å². The molecule has 140 valence electrons. The van der Waals surface area contributed by atoms with E-state index in [1.165, 1.54) is 30.4 Å². The summed E-state index contributed by atoms with van der Waals surface area (Å²) in [5.74, 6) is -0.0413. The van der Waals surface area contributed by atoms with Crippen LogP contribution in [0.25, 0.3) is 0 Å². The highest BCUT2D eigenvalue weighted by Gasteiger charge is 2.50. The largest absolute Gasteiger partial charge is 0.369 e. The molecule has 2 heterocycles. The van der Waals surface area contributed by atoms with Crippen LogP contribution < -0.4 is 5.73 Å². The zero-order valence-electron chi connectivity index (χ0n) is 15.5. The van der Waals surface area contributed by atoms with E-state index in [0.717, 1.165) is 25.9 Å². The monoisotopic (exact) mass is 355 g/mol. The van der Waals surface area contributed by atoms with Crippen molar-refractivity contribution in [3.63, 3.8) is 0 Å². The maximum absolute atomic E-state index is 13.7. The molecule has 2 N–H and O–H groups in total. The van der Waals surface area contributed by atoms with Crippen LogP contribution in [0.1, 0.15) is 43.2 Å². The standard InChI is InChI=1S/C21H29N3O2/c22-19(25)16-8-12-23(13-9-16)20(26)21(24-10-4-1-5-11-24)14-17-6-2-3-7-18(17)15-21/h2-3,6-7,16H,1,4-5,8-15H2,(H2,22,25). The fourth-order valence-electron chi connectivity index (χ4n) is 5.09. The van der Waals surface area contributed by atoms with Crippen molar-refractivity contribution < 1.29 is 9.59 Å². The van der Waals surface area contributed by atoms with Gasteiger partial charge in [-0.05, 0) is 49.9 Å². The van der Waals surface area contributed by atoms with Gasteiger partial charge in [0.2, 0.25) is 11.8 Å². The Morgan fingerprint density at radius 1 is 0.923 bits per heavy atom. The van der Waals surface area contributed by atoms with Crippen LogP contribution in [-0.2, 0) is 22.4 Å². The Hall–Kier alpha value is -1.88. The molecule has 5 nitrogen and oxygen atoms in total. The summed E-state index contributed by atoms with van der Waals surface area (Å²) in [7, 11) is 0. The number of piperidine rings is 2. The first-order valence-electron chi connectivity index (χ1n) is 10.0. The van der Waals surface area contributed by atoms with E-state index in [1.807, 2.05) is 4.90 Å². The molecule has 4 rings (SSSR count). The lowest BCUT2D eigenvalue weighted by atomic mass is 9.87. The molecular formula is C21H29N3O2. The molecular weight excluding hydrogens is 326 g/mol. The minimum atomic E-state index is -0.427. The first kappa shape index (κ1) is 17.5. The Bertz CT molecular complexity index is 663. The lowest BCUT2D eigenvalue weighted by molar-refractivity contribution is -0.147. The number of fused-ring (bicyclic) bond motifs is 1. The molecule has 26 heavy (non-hydrogen) atoms. The average Bonchev–Trinajstić information content (AvgIpc) is 3.09. The van der Waals surface area contributed by atoms with Gasteiger partial charge in [-0.1, -0.05) is 30.7 Å². The number of rotatable bonds is 3. The van der Waals surface area contributed by atoms with Crippen LogP contribution >= 0.6 is 0 Å². The third kappa shape index (κ3) is 3.02. The van der Waals surface area contributed by atoms with Crippen LogP contribution in [0.15, 0.2) is 24.3 Å². The van der Waals surface area contributed by atoms with Gasteiger partial charge in [0.05, 0.1) is 0 Å². The van der Waals surface area contributed by atoms with Crippen LogP contribution in [0, 0.1) is 5.92 Å². The number of nitrogens with two attached hydrogens (primary N) is 1. The van der Waals surface area contributed by atoms with Crippen LogP contribution in [0.4, 0.5) is 0 Å². The van der Waals surface area contributed by atoms with Gasteiger partial charge in [0.15, 0.2) is 0 Å². The second-order valence-electron chi connectivity index (χ2n) is 8.17. The number of likely N-dealkylation sites (tertiary alicyclic amines) is 2. The normalized spacial score (nSPS) is 23.6. The molecule has 5 heteroatoms. The van der Waals surface area contributed by atoms with Gasteiger partial charge in [-0.3, -0.25) is 14.5 Å². The summed E-state index contributed by atoms with van der Waals surface area (Å²) in [6.45, 7) is 3.33. The van der Waals surface area contributed by atoms with Gasteiger partial charge >= 0.3 is 0 Å². The van der Waals surface area contributed by atoms with E-state index in [4.69, 9.17) is 5.73 Å². The van der Waals surface area contributed by atoms with E-state index in [0.29, 0.717) is 25.9 Å². The average molecular weight is 355 g/mol. The molecule has 0 saturated carbocycles. The van der Waals surface area contributed by atoms with E-state index in [-0.39, 0.29) is 17.7 Å². The van der Waals surface area contributed by atoms with Crippen LogP contribution in [0.3, 0.4) is 0 Å². The summed E-state index contributed by atoms with van der Waals surface area (Å²) in [5, 5.41) is 0. The maximum Gasteiger partial charge on any atom is 0.243 e. The molecule has 2 fully saturated rings. The van der Waals surface area contributed by atoms with Crippen molar-refractivity contribution in [2.45, 2.75) is 50.5 Å². The Morgan fingerprint density at radius 2 is 1.50 bits per heavy atom. The molecule has 3 aliphatic rings. The van der Waals surface area contributed by atoms with Crippen molar-refractivity contribution >= 4 is 11.8 Å². The van der Waals surface area contributed by atoms with Crippen molar-refractivity contribution in [1.29, 1.82) is 0 Å². The van der Waals surface area contributed by atoms with Crippen LogP contribution in [-0.4, -0.2) is 53.3 Å². The fourth-order valence-corrected chi connectivity index (χ4v) is 5.09. The quantitative estimate of drug-likeness (QED) is 0.898. The summed E-state index contributed by atoms with van der Waals surface area (Å²) in [5.41, 5.74) is 7.67. The minimum Gasteiger partial charge on any atom is -0.369 e. The molecule has 0 radical (unpaired) electrons. The molecule has 2 aliphatic heterocycles. The van der Waals surface area contributed by atoms with Gasteiger partial charge in [0, 0.05) is 31.8 Å². The summed E-state index contributed by atoms with van der Waals surface area (Å²) in [6, 6.07) is 8.50. The van der Waals surface area contributed by atoms with E-state index in [1.54, 1.807) is 0 Å².